The Morgan fingerprint density at radius 3 is 2.74 bits per heavy atom. The van der Waals surface area contributed by atoms with Gasteiger partial charge in [0.05, 0.1) is 13.0 Å². The van der Waals surface area contributed by atoms with E-state index in [0.29, 0.717) is 24.6 Å². The summed E-state index contributed by atoms with van der Waals surface area (Å²) in [5.74, 6) is -0.238. The lowest BCUT2D eigenvalue weighted by Crippen LogP contribution is -2.13. The number of hydrogen-bond acceptors (Lipinski definition) is 6. The molecule has 1 amide bonds. The molecular formula is C16H18N2O4S. The molecule has 0 aliphatic heterocycles. The standard InChI is InChI=1S/C16H18N2O4S/c1-2-21-14(19)9-8-13-10-17-15(23-13)18-16(20)22-11-12-6-4-3-5-7-12/h3-7,10H,2,8-9,11H2,1H3,(H,17,18,20). The summed E-state index contributed by atoms with van der Waals surface area (Å²) >= 11 is 1.31. The van der Waals surface area contributed by atoms with Gasteiger partial charge in [0.1, 0.15) is 6.61 Å². The van der Waals surface area contributed by atoms with Gasteiger partial charge in [0.25, 0.3) is 0 Å². The van der Waals surface area contributed by atoms with Crippen LogP contribution in [0.25, 0.3) is 0 Å². The van der Waals surface area contributed by atoms with Crippen molar-refractivity contribution in [2.24, 2.45) is 0 Å². The van der Waals surface area contributed by atoms with Gasteiger partial charge >= 0.3 is 12.1 Å². The third kappa shape index (κ3) is 6.07. The zero-order valence-corrected chi connectivity index (χ0v) is 13.6. The van der Waals surface area contributed by atoms with Crippen LogP contribution in [0.3, 0.4) is 0 Å². The van der Waals surface area contributed by atoms with E-state index in [0.717, 1.165) is 10.4 Å². The number of thiazole rings is 1. The molecule has 122 valence electrons. The van der Waals surface area contributed by atoms with Gasteiger partial charge in [-0.1, -0.05) is 30.3 Å². The van der Waals surface area contributed by atoms with Gasteiger partial charge < -0.3 is 9.47 Å². The summed E-state index contributed by atoms with van der Waals surface area (Å²) < 4.78 is 9.98. The highest BCUT2D eigenvalue weighted by Gasteiger charge is 2.09. The number of esters is 1. The van der Waals surface area contributed by atoms with Crippen LogP contribution >= 0.6 is 11.3 Å². The third-order valence-corrected chi connectivity index (χ3v) is 3.83. The van der Waals surface area contributed by atoms with Crippen LogP contribution < -0.4 is 5.32 Å². The van der Waals surface area contributed by atoms with Gasteiger partial charge in [0.2, 0.25) is 0 Å². The van der Waals surface area contributed by atoms with Crippen molar-refractivity contribution in [1.82, 2.24) is 4.98 Å². The second kappa shape index (κ2) is 8.89. The Hall–Kier alpha value is -2.41. The van der Waals surface area contributed by atoms with Crippen molar-refractivity contribution in [3.05, 3.63) is 47.0 Å². The maximum atomic E-state index is 11.7. The summed E-state index contributed by atoms with van der Waals surface area (Å²) in [4.78, 5) is 28.0. The molecule has 0 aliphatic rings. The number of anilines is 1. The summed E-state index contributed by atoms with van der Waals surface area (Å²) in [6.07, 6.45) is 1.92. The molecule has 0 radical (unpaired) electrons. The van der Waals surface area contributed by atoms with Gasteiger partial charge in [-0.15, -0.1) is 11.3 Å². The molecule has 0 fully saturated rings. The first kappa shape index (κ1) is 17.0. The van der Waals surface area contributed by atoms with Crippen LogP contribution in [0.5, 0.6) is 0 Å². The van der Waals surface area contributed by atoms with Crippen molar-refractivity contribution in [2.75, 3.05) is 11.9 Å². The predicted octanol–water partition coefficient (Wildman–Crippen LogP) is 3.39. The van der Waals surface area contributed by atoms with E-state index in [2.05, 4.69) is 10.3 Å². The molecule has 2 rings (SSSR count). The molecule has 7 heteroatoms. The zero-order chi connectivity index (χ0) is 16.5. The molecule has 0 aliphatic carbocycles. The number of amides is 1. The Kier molecular flexibility index (Phi) is 6.56. The fraction of sp³-hybridized carbons (Fsp3) is 0.312. The Labute approximate surface area is 138 Å². The lowest BCUT2D eigenvalue weighted by molar-refractivity contribution is -0.143. The quantitative estimate of drug-likeness (QED) is 0.785. The number of nitrogens with one attached hydrogen (secondary N) is 1. The third-order valence-electron chi connectivity index (χ3n) is 2.86. The minimum atomic E-state index is -0.555. The van der Waals surface area contributed by atoms with Crippen molar-refractivity contribution in [3.63, 3.8) is 0 Å². The molecule has 1 N–H and O–H groups in total. The van der Waals surface area contributed by atoms with Gasteiger partial charge in [-0.3, -0.25) is 10.1 Å². The number of hydrogen-bond donors (Lipinski definition) is 1. The van der Waals surface area contributed by atoms with Crippen LogP contribution in [0.1, 0.15) is 23.8 Å². The van der Waals surface area contributed by atoms with E-state index in [4.69, 9.17) is 9.47 Å². The van der Waals surface area contributed by atoms with Crippen molar-refractivity contribution in [1.29, 1.82) is 0 Å². The van der Waals surface area contributed by atoms with Gasteiger partial charge in [-0.05, 0) is 18.9 Å². The number of benzene rings is 1. The minimum Gasteiger partial charge on any atom is -0.466 e. The maximum Gasteiger partial charge on any atom is 0.413 e. The van der Waals surface area contributed by atoms with Crippen LogP contribution in [-0.2, 0) is 27.3 Å². The predicted molar refractivity (Wildman–Crippen MR) is 87.3 cm³/mol. The van der Waals surface area contributed by atoms with Crippen LogP contribution in [0.4, 0.5) is 9.93 Å². The maximum absolute atomic E-state index is 11.7. The molecule has 0 saturated heterocycles. The van der Waals surface area contributed by atoms with Crippen molar-refractivity contribution in [2.45, 2.75) is 26.4 Å². The Morgan fingerprint density at radius 1 is 1.22 bits per heavy atom. The van der Waals surface area contributed by atoms with Crippen molar-refractivity contribution in [3.8, 4) is 0 Å². The van der Waals surface area contributed by atoms with Crippen LogP contribution in [0.15, 0.2) is 36.5 Å². The highest BCUT2D eigenvalue weighted by molar-refractivity contribution is 7.15. The second-order valence-corrected chi connectivity index (χ2v) is 5.74. The molecular weight excluding hydrogens is 316 g/mol. The van der Waals surface area contributed by atoms with Crippen molar-refractivity contribution >= 4 is 28.5 Å². The number of rotatable bonds is 7. The van der Waals surface area contributed by atoms with Crippen LogP contribution in [-0.4, -0.2) is 23.7 Å². The van der Waals surface area contributed by atoms with E-state index in [1.807, 2.05) is 30.3 Å². The van der Waals surface area contributed by atoms with Gasteiger partial charge in [0, 0.05) is 11.1 Å². The number of nitrogens with zero attached hydrogens (tertiary/aromatic N) is 1. The molecule has 0 atom stereocenters. The normalized spacial score (nSPS) is 10.1. The molecule has 1 aromatic carbocycles. The molecule has 1 aromatic heterocycles. The Bertz CT molecular complexity index is 643. The number of carbonyl (C=O) groups excluding carboxylic acids is 2. The molecule has 2 aromatic rings. The van der Waals surface area contributed by atoms with Gasteiger partial charge in [0.15, 0.2) is 5.13 Å². The largest absolute Gasteiger partial charge is 0.466 e. The highest BCUT2D eigenvalue weighted by Crippen LogP contribution is 2.20. The number of aromatic nitrogens is 1. The Balaban J connectivity index is 1.75. The van der Waals surface area contributed by atoms with E-state index >= 15 is 0 Å². The smallest absolute Gasteiger partial charge is 0.413 e. The fourth-order valence-corrected chi connectivity index (χ4v) is 2.58. The molecule has 0 saturated carbocycles. The summed E-state index contributed by atoms with van der Waals surface area (Å²) in [5.41, 5.74) is 0.914. The zero-order valence-electron chi connectivity index (χ0n) is 12.8. The molecule has 0 unspecified atom stereocenters. The first-order chi connectivity index (χ1) is 11.2. The van der Waals surface area contributed by atoms with E-state index < -0.39 is 6.09 Å². The molecule has 6 nitrogen and oxygen atoms in total. The SMILES string of the molecule is CCOC(=O)CCc1cnc(NC(=O)OCc2ccccc2)s1. The average Bonchev–Trinajstić information content (AvgIpc) is 3.00. The first-order valence-corrected chi connectivity index (χ1v) is 8.07. The lowest BCUT2D eigenvalue weighted by Gasteiger charge is -2.04. The van der Waals surface area contributed by atoms with Crippen molar-refractivity contribution < 1.29 is 19.1 Å². The minimum absolute atomic E-state index is 0.202. The van der Waals surface area contributed by atoms with Crippen LogP contribution in [0, 0.1) is 0 Å². The topological polar surface area (TPSA) is 77.5 Å². The van der Waals surface area contributed by atoms with Crippen LogP contribution in [0.2, 0.25) is 0 Å². The van der Waals surface area contributed by atoms with E-state index in [1.54, 1.807) is 13.1 Å². The van der Waals surface area contributed by atoms with Gasteiger partial charge in [-0.25, -0.2) is 9.78 Å². The van der Waals surface area contributed by atoms with Gasteiger partial charge in [-0.2, -0.15) is 0 Å². The molecule has 23 heavy (non-hydrogen) atoms. The summed E-state index contributed by atoms with van der Waals surface area (Å²) in [5, 5.41) is 3.02. The van der Waals surface area contributed by atoms with E-state index in [-0.39, 0.29) is 12.6 Å². The number of carbonyl (C=O) groups is 2. The fourth-order valence-electron chi connectivity index (χ4n) is 1.79. The summed E-state index contributed by atoms with van der Waals surface area (Å²) in [6, 6.07) is 9.42. The summed E-state index contributed by atoms with van der Waals surface area (Å²) in [7, 11) is 0. The van der Waals surface area contributed by atoms with E-state index in [9.17, 15) is 9.59 Å². The van der Waals surface area contributed by atoms with E-state index in [1.165, 1.54) is 11.3 Å². The second-order valence-electron chi connectivity index (χ2n) is 4.62. The monoisotopic (exact) mass is 334 g/mol. The molecule has 0 bridgehead atoms. The number of aryl methyl sites for hydroxylation is 1. The highest BCUT2D eigenvalue weighted by atomic mass is 32.1. The lowest BCUT2D eigenvalue weighted by atomic mass is 10.2. The molecule has 0 spiro atoms. The Morgan fingerprint density at radius 2 is 2.00 bits per heavy atom. The molecule has 1 heterocycles. The first-order valence-electron chi connectivity index (χ1n) is 7.25. The summed E-state index contributed by atoms with van der Waals surface area (Å²) in [6.45, 7) is 2.35. The number of ether oxygens (including phenoxy) is 2. The average molecular weight is 334 g/mol.